The van der Waals surface area contributed by atoms with Crippen molar-refractivity contribution in [2.24, 2.45) is 5.92 Å². The van der Waals surface area contributed by atoms with Crippen molar-refractivity contribution in [3.63, 3.8) is 0 Å². The maximum Gasteiger partial charge on any atom is 0.255 e. The van der Waals surface area contributed by atoms with Crippen molar-refractivity contribution in [3.8, 4) is 0 Å². The third kappa shape index (κ3) is 4.17. The molecule has 180 valence electrons. The van der Waals surface area contributed by atoms with Crippen LogP contribution >= 0.6 is 0 Å². The topological polar surface area (TPSA) is 49.4 Å². The monoisotopic (exact) mass is 474 g/mol. The number of fused-ring (bicyclic) bond motifs is 2. The van der Waals surface area contributed by atoms with Gasteiger partial charge < -0.3 is 10.2 Å². The molecule has 2 atom stereocenters. The van der Waals surface area contributed by atoms with Crippen LogP contribution in [0.1, 0.15) is 52.4 Å². The number of anilines is 1. The molecule has 4 aromatic carbocycles. The number of hydrogen-bond donors (Lipinski definition) is 1. The highest BCUT2D eigenvalue weighted by atomic mass is 16.2. The second kappa shape index (κ2) is 9.62. The van der Waals surface area contributed by atoms with Crippen molar-refractivity contribution in [3.05, 3.63) is 113 Å². The minimum atomic E-state index is -0.326. The van der Waals surface area contributed by atoms with E-state index in [9.17, 15) is 9.59 Å². The van der Waals surface area contributed by atoms with Gasteiger partial charge in [0.1, 0.15) is 0 Å². The first-order valence-electron chi connectivity index (χ1n) is 13.0. The van der Waals surface area contributed by atoms with Gasteiger partial charge in [0, 0.05) is 17.8 Å². The molecule has 4 heteroatoms. The molecule has 0 spiro atoms. The van der Waals surface area contributed by atoms with E-state index in [-0.39, 0.29) is 23.8 Å². The molecule has 2 amide bonds. The van der Waals surface area contributed by atoms with Gasteiger partial charge in [-0.2, -0.15) is 0 Å². The molecular weight excluding hydrogens is 444 g/mol. The number of hydrogen-bond acceptors (Lipinski definition) is 2. The summed E-state index contributed by atoms with van der Waals surface area (Å²) in [6.45, 7) is 0.629. The van der Waals surface area contributed by atoms with E-state index in [1.54, 1.807) is 0 Å². The summed E-state index contributed by atoms with van der Waals surface area (Å²) >= 11 is 0. The van der Waals surface area contributed by atoms with Gasteiger partial charge >= 0.3 is 0 Å². The molecule has 1 heterocycles. The first-order chi connectivity index (χ1) is 17.7. The fraction of sp³-hybridized carbons (Fsp3) is 0.250. The fourth-order valence-electron chi connectivity index (χ4n) is 6.01. The summed E-state index contributed by atoms with van der Waals surface area (Å²) in [5.41, 5.74) is 5.27. The number of carbonyl (C=O) groups is 2. The van der Waals surface area contributed by atoms with Crippen LogP contribution in [0.25, 0.3) is 10.8 Å². The Hall–Kier alpha value is -3.92. The maximum atomic E-state index is 14.0. The molecule has 2 aliphatic rings. The Morgan fingerprint density at radius 3 is 2.44 bits per heavy atom. The number of piperidine rings is 1. The summed E-state index contributed by atoms with van der Waals surface area (Å²) in [6.07, 6.45) is 4.91. The molecule has 1 saturated heterocycles. The molecule has 1 fully saturated rings. The van der Waals surface area contributed by atoms with Crippen molar-refractivity contribution >= 4 is 28.3 Å². The molecule has 6 rings (SSSR count). The standard InChI is InChI=1S/C32H30N2O2/c35-31(33-26-19-18-22-12-6-14-25(22)21-26)29-17-8-20-34(30(29)24-10-2-1-3-11-24)32(36)28-16-7-13-23-9-4-5-15-27(23)28/h1-5,7,9-11,13,15-16,18-19,21,29-30H,6,8,12,14,17,20H2,(H,33,35). The first kappa shape index (κ1) is 22.5. The third-order valence-electron chi connectivity index (χ3n) is 7.76. The number of amides is 2. The van der Waals surface area contributed by atoms with E-state index in [0.29, 0.717) is 12.1 Å². The second-order valence-electron chi connectivity index (χ2n) is 9.96. The van der Waals surface area contributed by atoms with Crippen LogP contribution in [0.15, 0.2) is 91.0 Å². The quantitative estimate of drug-likeness (QED) is 0.364. The van der Waals surface area contributed by atoms with Gasteiger partial charge in [-0.25, -0.2) is 0 Å². The van der Waals surface area contributed by atoms with E-state index in [2.05, 4.69) is 17.4 Å². The Balaban J connectivity index is 1.34. The van der Waals surface area contributed by atoms with Crippen LogP contribution < -0.4 is 5.32 Å². The molecule has 0 aromatic heterocycles. The van der Waals surface area contributed by atoms with Crippen LogP contribution in [0.4, 0.5) is 5.69 Å². The van der Waals surface area contributed by atoms with Gasteiger partial charge in [-0.15, -0.1) is 0 Å². The number of likely N-dealkylation sites (tertiary alicyclic amines) is 1. The van der Waals surface area contributed by atoms with E-state index in [0.717, 1.165) is 47.7 Å². The average Bonchev–Trinajstić information content (AvgIpc) is 3.40. The lowest BCUT2D eigenvalue weighted by molar-refractivity contribution is -0.123. The van der Waals surface area contributed by atoms with Gasteiger partial charge in [-0.05, 0) is 77.8 Å². The normalized spacial score (nSPS) is 19.2. The van der Waals surface area contributed by atoms with E-state index >= 15 is 0 Å². The van der Waals surface area contributed by atoms with Crippen LogP contribution in [-0.2, 0) is 17.6 Å². The summed E-state index contributed by atoms with van der Waals surface area (Å²) in [5, 5.41) is 5.18. The molecule has 4 aromatic rings. The molecule has 2 unspecified atom stereocenters. The zero-order valence-corrected chi connectivity index (χ0v) is 20.3. The van der Waals surface area contributed by atoms with Gasteiger partial charge in [0.05, 0.1) is 12.0 Å². The number of carbonyl (C=O) groups excluding carboxylic acids is 2. The number of aryl methyl sites for hydroxylation is 2. The highest BCUT2D eigenvalue weighted by molar-refractivity contribution is 6.07. The lowest BCUT2D eigenvalue weighted by Gasteiger charge is -2.41. The van der Waals surface area contributed by atoms with Gasteiger partial charge in [-0.3, -0.25) is 9.59 Å². The Kier molecular flexibility index (Phi) is 6.02. The van der Waals surface area contributed by atoms with Crippen LogP contribution in [0.5, 0.6) is 0 Å². The number of nitrogens with one attached hydrogen (secondary N) is 1. The van der Waals surface area contributed by atoms with Crippen LogP contribution in [-0.4, -0.2) is 23.3 Å². The predicted octanol–water partition coefficient (Wildman–Crippen LogP) is 6.56. The molecule has 0 saturated carbocycles. The van der Waals surface area contributed by atoms with Crippen molar-refractivity contribution < 1.29 is 9.59 Å². The molecular formula is C32H30N2O2. The van der Waals surface area contributed by atoms with Gasteiger partial charge in [0.25, 0.3) is 5.91 Å². The molecule has 0 radical (unpaired) electrons. The summed E-state index contributed by atoms with van der Waals surface area (Å²) in [7, 11) is 0. The largest absolute Gasteiger partial charge is 0.331 e. The SMILES string of the molecule is O=C(Nc1ccc2c(c1)CCC2)C1CCCN(C(=O)c2cccc3ccccc23)C1c1ccccc1. The molecule has 1 aliphatic heterocycles. The van der Waals surface area contributed by atoms with Crippen molar-refractivity contribution in [1.82, 2.24) is 4.90 Å². The minimum absolute atomic E-state index is 0.0165. The minimum Gasteiger partial charge on any atom is -0.331 e. The Bertz CT molecular complexity index is 1420. The van der Waals surface area contributed by atoms with Crippen molar-refractivity contribution in [1.29, 1.82) is 0 Å². The Morgan fingerprint density at radius 1 is 0.778 bits per heavy atom. The Labute approximate surface area is 211 Å². The smallest absolute Gasteiger partial charge is 0.255 e. The number of nitrogens with zero attached hydrogens (tertiary/aromatic N) is 1. The summed E-state index contributed by atoms with van der Waals surface area (Å²) < 4.78 is 0. The molecule has 1 N–H and O–H groups in total. The van der Waals surface area contributed by atoms with Gasteiger partial charge in [-0.1, -0.05) is 72.8 Å². The lowest BCUT2D eigenvalue weighted by Crippen LogP contribution is -2.46. The molecule has 0 bridgehead atoms. The Morgan fingerprint density at radius 2 is 1.56 bits per heavy atom. The van der Waals surface area contributed by atoms with Crippen molar-refractivity contribution in [2.75, 3.05) is 11.9 Å². The fourth-order valence-corrected chi connectivity index (χ4v) is 6.01. The summed E-state index contributed by atoms with van der Waals surface area (Å²) in [5.74, 6) is -0.360. The van der Waals surface area contributed by atoms with E-state index in [1.165, 1.54) is 17.5 Å². The summed E-state index contributed by atoms with van der Waals surface area (Å²) in [4.78, 5) is 29.7. The van der Waals surface area contributed by atoms with Gasteiger partial charge in [0.2, 0.25) is 5.91 Å². The van der Waals surface area contributed by atoms with E-state index in [4.69, 9.17) is 0 Å². The second-order valence-corrected chi connectivity index (χ2v) is 9.96. The average molecular weight is 475 g/mol. The zero-order valence-electron chi connectivity index (χ0n) is 20.3. The number of rotatable bonds is 4. The van der Waals surface area contributed by atoms with Crippen LogP contribution in [0, 0.1) is 5.92 Å². The molecule has 4 nitrogen and oxygen atoms in total. The third-order valence-corrected chi connectivity index (χ3v) is 7.76. The van der Waals surface area contributed by atoms with Crippen LogP contribution in [0.3, 0.4) is 0 Å². The zero-order chi connectivity index (χ0) is 24.5. The van der Waals surface area contributed by atoms with Gasteiger partial charge in [0.15, 0.2) is 0 Å². The maximum absolute atomic E-state index is 14.0. The lowest BCUT2D eigenvalue weighted by atomic mass is 9.83. The number of benzene rings is 4. The molecule has 36 heavy (non-hydrogen) atoms. The predicted molar refractivity (Wildman–Crippen MR) is 144 cm³/mol. The molecule has 1 aliphatic carbocycles. The highest BCUT2D eigenvalue weighted by Gasteiger charge is 2.40. The van der Waals surface area contributed by atoms with E-state index < -0.39 is 0 Å². The van der Waals surface area contributed by atoms with Crippen LogP contribution in [0.2, 0.25) is 0 Å². The summed E-state index contributed by atoms with van der Waals surface area (Å²) in [6, 6.07) is 29.9. The van der Waals surface area contributed by atoms with E-state index in [1.807, 2.05) is 83.8 Å². The highest BCUT2D eigenvalue weighted by Crippen LogP contribution is 2.38. The first-order valence-corrected chi connectivity index (χ1v) is 13.0. The van der Waals surface area contributed by atoms with Crippen molar-refractivity contribution in [2.45, 2.75) is 38.1 Å².